The van der Waals surface area contributed by atoms with Gasteiger partial charge in [-0.1, -0.05) is 0 Å². The lowest BCUT2D eigenvalue weighted by atomic mass is 10.3. The standard InChI is InChI=1S/C10H19F3N2O2/c1-8(2)15(3)9(16)6-14-4-5-17-7-10(11,12)13/h8,14H,4-7H2,1-3H3. The number of nitrogens with zero attached hydrogens (tertiary/aromatic N) is 1. The molecule has 0 saturated heterocycles. The van der Waals surface area contributed by atoms with Crippen LogP contribution in [0.15, 0.2) is 0 Å². The Morgan fingerprint density at radius 2 is 2.00 bits per heavy atom. The minimum absolute atomic E-state index is 0.0712. The summed E-state index contributed by atoms with van der Waals surface area (Å²) in [5.74, 6) is -0.101. The van der Waals surface area contributed by atoms with Crippen LogP contribution in [0.2, 0.25) is 0 Å². The highest BCUT2D eigenvalue weighted by Gasteiger charge is 2.27. The van der Waals surface area contributed by atoms with E-state index in [1.807, 2.05) is 13.8 Å². The van der Waals surface area contributed by atoms with E-state index in [1.54, 1.807) is 11.9 Å². The van der Waals surface area contributed by atoms with Crippen LogP contribution in [0.3, 0.4) is 0 Å². The highest BCUT2D eigenvalue weighted by atomic mass is 19.4. The van der Waals surface area contributed by atoms with Crippen LogP contribution in [0.4, 0.5) is 13.2 Å². The van der Waals surface area contributed by atoms with Crippen LogP contribution in [0.1, 0.15) is 13.8 Å². The Morgan fingerprint density at radius 1 is 1.41 bits per heavy atom. The van der Waals surface area contributed by atoms with E-state index < -0.39 is 12.8 Å². The second kappa shape index (κ2) is 7.50. The molecule has 0 radical (unpaired) electrons. The third kappa shape index (κ3) is 8.93. The van der Waals surface area contributed by atoms with Crippen molar-refractivity contribution < 1.29 is 22.7 Å². The molecule has 1 amide bonds. The summed E-state index contributed by atoms with van der Waals surface area (Å²) in [5.41, 5.74) is 0. The van der Waals surface area contributed by atoms with E-state index in [0.717, 1.165) is 0 Å². The molecule has 0 bridgehead atoms. The van der Waals surface area contributed by atoms with Gasteiger partial charge in [-0.3, -0.25) is 4.79 Å². The van der Waals surface area contributed by atoms with Gasteiger partial charge in [0, 0.05) is 19.6 Å². The van der Waals surface area contributed by atoms with Crippen molar-refractivity contribution in [3.05, 3.63) is 0 Å². The molecule has 0 aromatic heterocycles. The summed E-state index contributed by atoms with van der Waals surface area (Å²) >= 11 is 0. The fraction of sp³-hybridized carbons (Fsp3) is 0.900. The molecule has 0 fully saturated rings. The van der Waals surface area contributed by atoms with Crippen molar-refractivity contribution in [1.29, 1.82) is 0 Å². The van der Waals surface area contributed by atoms with Crippen LogP contribution >= 0.6 is 0 Å². The number of likely N-dealkylation sites (N-methyl/N-ethyl adjacent to an activating group) is 1. The normalized spacial score (nSPS) is 11.9. The first kappa shape index (κ1) is 16.2. The van der Waals surface area contributed by atoms with Crippen LogP contribution in [0, 0.1) is 0 Å². The molecule has 0 unspecified atom stereocenters. The van der Waals surface area contributed by atoms with Crippen molar-refractivity contribution in [2.24, 2.45) is 0 Å². The molecular weight excluding hydrogens is 237 g/mol. The number of halogens is 3. The number of alkyl halides is 3. The molecule has 0 saturated carbocycles. The van der Waals surface area contributed by atoms with Gasteiger partial charge in [-0.15, -0.1) is 0 Å². The predicted molar refractivity (Wildman–Crippen MR) is 57.6 cm³/mol. The molecule has 0 aromatic rings. The van der Waals surface area contributed by atoms with E-state index in [4.69, 9.17) is 0 Å². The number of rotatable bonds is 7. The zero-order valence-electron chi connectivity index (χ0n) is 10.3. The van der Waals surface area contributed by atoms with Gasteiger partial charge in [0.2, 0.25) is 5.91 Å². The molecule has 0 aliphatic heterocycles. The van der Waals surface area contributed by atoms with Gasteiger partial charge in [0.25, 0.3) is 0 Å². The molecule has 0 aliphatic rings. The fourth-order valence-corrected chi connectivity index (χ4v) is 0.940. The lowest BCUT2D eigenvalue weighted by Crippen LogP contribution is -2.40. The molecule has 0 aliphatic carbocycles. The Morgan fingerprint density at radius 3 is 2.47 bits per heavy atom. The van der Waals surface area contributed by atoms with Gasteiger partial charge in [0.1, 0.15) is 6.61 Å². The maximum absolute atomic E-state index is 11.7. The monoisotopic (exact) mass is 256 g/mol. The summed E-state index contributed by atoms with van der Waals surface area (Å²) in [5, 5.41) is 2.72. The fourth-order valence-electron chi connectivity index (χ4n) is 0.940. The molecule has 0 aromatic carbocycles. The molecule has 0 spiro atoms. The number of carbonyl (C=O) groups excluding carboxylic acids is 1. The maximum Gasteiger partial charge on any atom is 0.411 e. The molecule has 4 nitrogen and oxygen atoms in total. The quantitative estimate of drug-likeness (QED) is 0.691. The van der Waals surface area contributed by atoms with E-state index in [1.165, 1.54) is 0 Å². The van der Waals surface area contributed by atoms with Crippen LogP contribution in [-0.2, 0) is 9.53 Å². The van der Waals surface area contributed by atoms with Gasteiger partial charge < -0.3 is 15.0 Å². The molecular formula is C10H19F3N2O2. The molecule has 17 heavy (non-hydrogen) atoms. The van der Waals surface area contributed by atoms with Crippen molar-refractivity contribution in [3.8, 4) is 0 Å². The van der Waals surface area contributed by atoms with Crippen molar-refractivity contribution in [3.63, 3.8) is 0 Å². The molecule has 7 heteroatoms. The summed E-state index contributed by atoms with van der Waals surface area (Å²) in [6.45, 7) is 2.75. The van der Waals surface area contributed by atoms with E-state index in [-0.39, 0.29) is 31.6 Å². The Labute approximate surface area is 99.1 Å². The van der Waals surface area contributed by atoms with Gasteiger partial charge >= 0.3 is 6.18 Å². The van der Waals surface area contributed by atoms with Gasteiger partial charge in [0.05, 0.1) is 13.2 Å². The van der Waals surface area contributed by atoms with Crippen molar-refractivity contribution in [1.82, 2.24) is 10.2 Å². The first-order chi connectivity index (χ1) is 7.74. The van der Waals surface area contributed by atoms with Crippen LogP contribution in [0.25, 0.3) is 0 Å². The van der Waals surface area contributed by atoms with Crippen LogP contribution in [-0.4, -0.2) is 56.4 Å². The second-order valence-corrected chi connectivity index (χ2v) is 3.94. The summed E-state index contributed by atoms with van der Waals surface area (Å²) in [6.07, 6.45) is -4.30. The van der Waals surface area contributed by atoms with Gasteiger partial charge in [-0.25, -0.2) is 0 Å². The minimum Gasteiger partial charge on any atom is -0.371 e. The maximum atomic E-state index is 11.7. The molecule has 0 rings (SSSR count). The van der Waals surface area contributed by atoms with Gasteiger partial charge in [-0.05, 0) is 13.8 Å². The first-order valence-corrected chi connectivity index (χ1v) is 5.35. The Hall–Kier alpha value is -0.820. The largest absolute Gasteiger partial charge is 0.411 e. The molecule has 0 atom stereocenters. The summed E-state index contributed by atoms with van der Waals surface area (Å²) < 4.78 is 39.4. The third-order valence-corrected chi connectivity index (χ3v) is 2.13. The number of hydrogen-bond donors (Lipinski definition) is 1. The number of nitrogens with one attached hydrogen (secondary N) is 1. The Kier molecular flexibility index (Phi) is 7.13. The van der Waals surface area contributed by atoms with E-state index in [9.17, 15) is 18.0 Å². The first-order valence-electron chi connectivity index (χ1n) is 5.35. The van der Waals surface area contributed by atoms with Crippen LogP contribution in [0.5, 0.6) is 0 Å². The summed E-state index contributed by atoms with van der Waals surface area (Å²) in [6, 6.07) is 0.103. The molecule has 1 N–H and O–H groups in total. The number of hydrogen-bond acceptors (Lipinski definition) is 3. The van der Waals surface area contributed by atoms with Crippen LogP contribution < -0.4 is 5.32 Å². The average Bonchev–Trinajstić information content (AvgIpc) is 2.19. The smallest absolute Gasteiger partial charge is 0.371 e. The third-order valence-electron chi connectivity index (χ3n) is 2.13. The zero-order chi connectivity index (χ0) is 13.5. The highest BCUT2D eigenvalue weighted by molar-refractivity contribution is 5.78. The molecule has 102 valence electrons. The Bertz CT molecular complexity index is 232. The predicted octanol–water partition coefficient (Wildman–Crippen LogP) is 1.02. The van der Waals surface area contributed by atoms with Gasteiger partial charge in [-0.2, -0.15) is 13.2 Å². The summed E-state index contributed by atoms with van der Waals surface area (Å²) in [4.78, 5) is 13.0. The van der Waals surface area contributed by atoms with E-state index in [0.29, 0.717) is 0 Å². The SMILES string of the molecule is CC(C)N(C)C(=O)CNCCOCC(F)(F)F. The highest BCUT2D eigenvalue weighted by Crippen LogP contribution is 2.13. The Balaban J connectivity index is 3.49. The van der Waals surface area contributed by atoms with Crippen molar-refractivity contribution >= 4 is 5.91 Å². The lowest BCUT2D eigenvalue weighted by molar-refractivity contribution is -0.173. The topological polar surface area (TPSA) is 41.6 Å². The second-order valence-electron chi connectivity index (χ2n) is 3.94. The van der Waals surface area contributed by atoms with E-state index in [2.05, 4.69) is 10.1 Å². The molecule has 0 heterocycles. The number of amides is 1. The zero-order valence-corrected chi connectivity index (χ0v) is 10.3. The van der Waals surface area contributed by atoms with Crippen molar-refractivity contribution in [2.75, 3.05) is 33.4 Å². The lowest BCUT2D eigenvalue weighted by Gasteiger charge is -2.21. The summed E-state index contributed by atoms with van der Waals surface area (Å²) in [7, 11) is 1.68. The number of carbonyl (C=O) groups is 1. The average molecular weight is 256 g/mol. The van der Waals surface area contributed by atoms with E-state index >= 15 is 0 Å². The number of ether oxygens (including phenoxy) is 1. The van der Waals surface area contributed by atoms with Gasteiger partial charge in [0.15, 0.2) is 0 Å². The minimum atomic E-state index is -4.30. The van der Waals surface area contributed by atoms with Crippen molar-refractivity contribution in [2.45, 2.75) is 26.1 Å².